The first-order chi connectivity index (χ1) is 8.24. The second kappa shape index (κ2) is 5.07. The lowest BCUT2D eigenvalue weighted by Gasteiger charge is -2.06. The Morgan fingerprint density at radius 2 is 2.24 bits per heavy atom. The Kier molecular flexibility index (Phi) is 3.51. The first-order valence-corrected chi connectivity index (χ1v) is 5.58. The third kappa shape index (κ3) is 2.51. The summed E-state index contributed by atoms with van der Waals surface area (Å²) in [6.07, 6.45) is 2.44. The number of anilines is 1. The molecule has 0 radical (unpaired) electrons. The van der Waals surface area contributed by atoms with Gasteiger partial charge >= 0.3 is 0 Å². The van der Waals surface area contributed by atoms with Gasteiger partial charge in [0.15, 0.2) is 5.82 Å². The number of hydrogen-bond acceptors (Lipinski definition) is 5. The van der Waals surface area contributed by atoms with Crippen molar-refractivity contribution in [2.45, 2.75) is 13.3 Å². The summed E-state index contributed by atoms with van der Waals surface area (Å²) < 4.78 is 0. The largest absolute Gasteiger partial charge is 0.308 e. The van der Waals surface area contributed by atoms with Crippen LogP contribution in [0.5, 0.6) is 0 Å². The van der Waals surface area contributed by atoms with Crippen LogP contribution in [0.25, 0.3) is 11.5 Å². The number of hydrogen-bond donors (Lipinski definition) is 2. The van der Waals surface area contributed by atoms with Gasteiger partial charge in [0.25, 0.3) is 0 Å². The highest BCUT2D eigenvalue weighted by Gasteiger charge is 2.10. The molecule has 2 heterocycles. The fourth-order valence-corrected chi connectivity index (χ4v) is 1.61. The minimum Gasteiger partial charge on any atom is -0.308 e. The summed E-state index contributed by atoms with van der Waals surface area (Å²) in [6, 6.07) is 5.30. The van der Waals surface area contributed by atoms with Crippen LogP contribution in [0.1, 0.15) is 12.6 Å². The van der Waals surface area contributed by atoms with Crippen molar-refractivity contribution < 1.29 is 0 Å². The van der Waals surface area contributed by atoms with Crippen LogP contribution in [-0.4, -0.2) is 15.0 Å². The molecule has 0 aliphatic carbocycles. The van der Waals surface area contributed by atoms with E-state index in [4.69, 9.17) is 17.4 Å². The predicted molar refractivity (Wildman–Crippen MR) is 67.5 cm³/mol. The number of aromatic nitrogens is 3. The molecular weight excluding hydrogens is 238 g/mol. The summed E-state index contributed by atoms with van der Waals surface area (Å²) in [6.45, 7) is 2.01. The third-order valence-corrected chi connectivity index (χ3v) is 2.56. The molecule has 88 valence electrons. The molecule has 5 nitrogen and oxygen atoms in total. The molecule has 6 heteroatoms. The van der Waals surface area contributed by atoms with E-state index in [-0.39, 0.29) is 0 Å². The minimum atomic E-state index is 0.475. The van der Waals surface area contributed by atoms with Crippen LogP contribution in [0.3, 0.4) is 0 Å². The van der Waals surface area contributed by atoms with Crippen molar-refractivity contribution in [2.24, 2.45) is 5.84 Å². The molecule has 17 heavy (non-hydrogen) atoms. The Balaban J connectivity index is 2.55. The molecule has 0 saturated carbocycles. The van der Waals surface area contributed by atoms with Crippen LogP contribution >= 0.6 is 11.6 Å². The summed E-state index contributed by atoms with van der Waals surface area (Å²) in [5.74, 6) is 6.39. The van der Waals surface area contributed by atoms with Crippen LogP contribution in [0.4, 0.5) is 5.82 Å². The Hall–Kier alpha value is -1.72. The Bertz CT molecular complexity index is 507. The molecule has 0 atom stereocenters. The van der Waals surface area contributed by atoms with Crippen molar-refractivity contribution in [3.8, 4) is 11.5 Å². The van der Waals surface area contributed by atoms with Crippen molar-refractivity contribution in [3.05, 3.63) is 35.1 Å². The summed E-state index contributed by atoms with van der Waals surface area (Å²) >= 11 is 6.06. The van der Waals surface area contributed by atoms with E-state index < -0.39 is 0 Å². The van der Waals surface area contributed by atoms with E-state index >= 15 is 0 Å². The molecule has 0 spiro atoms. The highest BCUT2D eigenvalue weighted by atomic mass is 35.5. The maximum Gasteiger partial charge on any atom is 0.182 e. The van der Waals surface area contributed by atoms with E-state index in [9.17, 15) is 0 Å². The highest BCUT2D eigenvalue weighted by molar-refractivity contribution is 6.32. The summed E-state index contributed by atoms with van der Waals surface area (Å²) in [7, 11) is 0. The maximum absolute atomic E-state index is 6.06. The Morgan fingerprint density at radius 1 is 1.41 bits per heavy atom. The van der Waals surface area contributed by atoms with Gasteiger partial charge in [0.05, 0.1) is 5.02 Å². The van der Waals surface area contributed by atoms with E-state index in [2.05, 4.69) is 20.4 Å². The zero-order valence-electron chi connectivity index (χ0n) is 9.31. The molecule has 0 bridgehead atoms. The fourth-order valence-electron chi connectivity index (χ4n) is 1.41. The maximum atomic E-state index is 6.06. The number of hydrazine groups is 1. The van der Waals surface area contributed by atoms with Crippen molar-refractivity contribution in [1.29, 1.82) is 0 Å². The fraction of sp³-hybridized carbons (Fsp3) is 0.182. The predicted octanol–water partition coefficient (Wildman–Crippen LogP) is 2.04. The molecule has 2 aromatic rings. The quantitative estimate of drug-likeness (QED) is 0.643. The highest BCUT2D eigenvalue weighted by Crippen LogP contribution is 2.23. The number of halogens is 1. The lowest BCUT2D eigenvalue weighted by atomic mass is 10.3. The van der Waals surface area contributed by atoms with Crippen molar-refractivity contribution >= 4 is 17.4 Å². The smallest absolute Gasteiger partial charge is 0.182 e. The molecule has 0 amide bonds. The lowest BCUT2D eigenvalue weighted by Crippen LogP contribution is -2.10. The average molecular weight is 250 g/mol. The molecule has 0 unspecified atom stereocenters. The first-order valence-electron chi connectivity index (χ1n) is 5.20. The van der Waals surface area contributed by atoms with Crippen LogP contribution in [0, 0.1) is 0 Å². The summed E-state index contributed by atoms with van der Waals surface area (Å²) in [5.41, 5.74) is 3.95. The van der Waals surface area contributed by atoms with E-state index in [0.29, 0.717) is 22.4 Å². The van der Waals surface area contributed by atoms with Crippen LogP contribution in [0.15, 0.2) is 24.4 Å². The molecule has 0 saturated heterocycles. The average Bonchev–Trinajstić information content (AvgIpc) is 2.38. The normalized spacial score (nSPS) is 10.3. The number of nitrogens with zero attached hydrogens (tertiary/aromatic N) is 3. The van der Waals surface area contributed by atoms with E-state index in [1.54, 1.807) is 24.4 Å². The number of nitrogens with one attached hydrogen (secondary N) is 1. The van der Waals surface area contributed by atoms with Crippen LogP contribution in [0.2, 0.25) is 5.02 Å². The Morgan fingerprint density at radius 3 is 2.88 bits per heavy atom. The van der Waals surface area contributed by atoms with E-state index in [1.165, 1.54) is 0 Å². The minimum absolute atomic E-state index is 0.475. The molecule has 0 aliphatic rings. The number of nitrogens with two attached hydrogens (primary N) is 1. The SMILES string of the molecule is CCc1cc(NN)nc(-c2ncccc2Cl)n1. The lowest BCUT2D eigenvalue weighted by molar-refractivity contribution is 0.995. The molecule has 0 aliphatic heterocycles. The number of pyridine rings is 1. The molecule has 2 rings (SSSR count). The molecule has 2 aromatic heterocycles. The number of nitrogen functional groups attached to an aromatic ring is 1. The monoisotopic (exact) mass is 249 g/mol. The third-order valence-electron chi connectivity index (χ3n) is 2.26. The molecule has 3 N–H and O–H groups in total. The van der Waals surface area contributed by atoms with Crippen LogP contribution in [-0.2, 0) is 6.42 Å². The topological polar surface area (TPSA) is 76.7 Å². The van der Waals surface area contributed by atoms with Gasteiger partial charge in [0, 0.05) is 18.0 Å². The Labute approximate surface area is 104 Å². The van der Waals surface area contributed by atoms with Crippen molar-refractivity contribution in [1.82, 2.24) is 15.0 Å². The molecule has 0 fully saturated rings. The molecular formula is C11H12ClN5. The van der Waals surface area contributed by atoms with Gasteiger partial charge in [-0.25, -0.2) is 15.8 Å². The van der Waals surface area contributed by atoms with Crippen LogP contribution < -0.4 is 11.3 Å². The zero-order valence-corrected chi connectivity index (χ0v) is 10.1. The van der Waals surface area contributed by atoms with Gasteiger partial charge < -0.3 is 5.43 Å². The van der Waals surface area contributed by atoms with Gasteiger partial charge in [-0.15, -0.1) is 0 Å². The van der Waals surface area contributed by atoms with E-state index in [1.807, 2.05) is 6.92 Å². The van der Waals surface area contributed by atoms with Crippen molar-refractivity contribution in [3.63, 3.8) is 0 Å². The first kappa shape index (κ1) is 11.8. The second-order valence-corrected chi connectivity index (χ2v) is 3.81. The van der Waals surface area contributed by atoms with Gasteiger partial charge in [-0.3, -0.25) is 4.98 Å². The second-order valence-electron chi connectivity index (χ2n) is 3.40. The van der Waals surface area contributed by atoms with Gasteiger partial charge in [0.2, 0.25) is 0 Å². The van der Waals surface area contributed by atoms with E-state index in [0.717, 1.165) is 12.1 Å². The zero-order chi connectivity index (χ0) is 12.3. The molecule has 0 aromatic carbocycles. The number of rotatable bonds is 3. The van der Waals surface area contributed by atoms with Gasteiger partial charge in [-0.05, 0) is 18.6 Å². The van der Waals surface area contributed by atoms with Crippen molar-refractivity contribution in [2.75, 3.05) is 5.43 Å². The summed E-state index contributed by atoms with van der Waals surface area (Å²) in [5, 5.41) is 0.517. The summed E-state index contributed by atoms with van der Waals surface area (Å²) in [4.78, 5) is 12.8. The van der Waals surface area contributed by atoms with Gasteiger partial charge in [-0.1, -0.05) is 18.5 Å². The van der Waals surface area contributed by atoms with Gasteiger partial charge in [-0.2, -0.15) is 0 Å². The van der Waals surface area contributed by atoms with Gasteiger partial charge in [0.1, 0.15) is 11.5 Å². The standard InChI is InChI=1S/C11H12ClN5/c1-2-7-6-9(17-13)16-11(15-7)10-8(12)4-3-5-14-10/h3-6H,2,13H2,1H3,(H,15,16,17). The number of aryl methyl sites for hydroxylation is 1.